The Balaban J connectivity index is 1.60. The first-order chi connectivity index (χ1) is 18.8. The third-order valence-corrected chi connectivity index (χ3v) is 7.08. The fourth-order valence-corrected chi connectivity index (χ4v) is 5.14. The summed E-state index contributed by atoms with van der Waals surface area (Å²) < 4.78 is 23.4. The number of rotatable bonds is 7. The van der Waals surface area contributed by atoms with Crippen molar-refractivity contribution in [2.24, 2.45) is 5.92 Å². The van der Waals surface area contributed by atoms with E-state index in [1.807, 2.05) is 4.40 Å². The van der Waals surface area contributed by atoms with E-state index in [1.54, 1.807) is 55.8 Å². The number of carboxylic acid groups (broad SMARTS) is 1. The van der Waals surface area contributed by atoms with Gasteiger partial charge in [0.15, 0.2) is 0 Å². The summed E-state index contributed by atoms with van der Waals surface area (Å²) in [5.41, 5.74) is 3.80. The van der Waals surface area contributed by atoms with Crippen LogP contribution in [0.25, 0.3) is 28.0 Å². The fourth-order valence-electron chi connectivity index (χ4n) is 5.14. The summed E-state index contributed by atoms with van der Waals surface area (Å²) in [7, 11) is 2.11. The quantitative estimate of drug-likeness (QED) is 0.342. The van der Waals surface area contributed by atoms with Crippen molar-refractivity contribution in [3.8, 4) is 34.5 Å². The molecule has 0 saturated carbocycles. The van der Waals surface area contributed by atoms with E-state index in [-0.39, 0.29) is 5.56 Å². The highest BCUT2D eigenvalue weighted by molar-refractivity contribution is 5.82. The average molecular weight is 529 g/mol. The molecule has 0 bridgehead atoms. The Kier molecular flexibility index (Phi) is 7.43. The number of halogens is 1. The topological polar surface area (TPSA) is 116 Å². The van der Waals surface area contributed by atoms with E-state index in [4.69, 9.17) is 14.8 Å². The molecule has 1 fully saturated rings. The number of likely N-dealkylation sites (tertiary alicyclic amines) is 1. The van der Waals surface area contributed by atoms with Gasteiger partial charge in [0.25, 0.3) is 0 Å². The third kappa shape index (κ3) is 5.54. The monoisotopic (exact) mass is 528 g/mol. The molecule has 3 heterocycles. The van der Waals surface area contributed by atoms with Crippen LogP contribution in [-0.2, 0) is 0 Å². The number of amides is 1. The number of nitrogens with zero attached hydrogens (tertiary/aromatic N) is 5. The molecule has 2 aromatic heterocycles. The van der Waals surface area contributed by atoms with Crippen molar-refractivity contribution in [2.75, 3.05) is 26.7 Å². The minimum Gasteiger partial charge on any atom is -0.476 e. The first-order valence-corrected chi connectivity index (χ1v) is 12.8. The van der Waals surface area contributed by atoms with Gasteiger partial charge in [-0.1, -0.05) is 24.3 Å². The van der Waals surface area contributed by atoms with Crippen molar-refractivity contribution in [2.45, 2.75) is 25.8 Å². The molecule has 4 aromatic rings. The van der Waals surface area contributed by atoms with Crippen LogP contribution in [-0.4, -0.2) is 57.2 Å². The molecule has 1 unspecified atom stereocenters. The Morgan fingerprint density at radius 2 is 2.05 bits per heavy atom. The molecule has 1 aliphatic rings. The highest BCUT2D eigenvalue weighted by atomic mass is 19.1. The van der Waals surface area contributed by atoms with Crippen molar-refractivity contribution in [3.05, 3.63) is 71.9 Å². The lowest BCUT2D eigenvalue weighted by Crippen LogP contribution is -2.34. The SMILES string of the molecule is CC(NC(=O)O)c1ccc(-c2c(-c3ccc(C#N)cc3)nc(OC[C@@H]3CCCN(C)C3)c3cncn23)cc1F. The summed E-state index contributed by atoms with van der Waals surface area (Å²) in [4.78, 5) is 22.6. The lowest BCUT2D eigenvalue weighted by molar-refractivity contribution is 0.148. The van der Waals surface area contributed by atoms with Gasteiger partial charge in [0.05, 0.1) is 48.2 Å². The molecule has 1 amide bonds. The van der Waals surface area contributed by atoms with E-state index in [1.165, 1.54) is 6.07 Å². The number of benzene rings is 2. The van der Waals surface area contributed by atoms with E-state index in [0.717, 1.165) is 31.5 Å². The number of nitrogens with one attached hydrogen (secondary N) is 1. The molecule has 200 valence electrons. The molecule has 0 aliphatic carbocycles. The molecular weight excluding hydrogens is 499 g/mol. The summed E-state index contributed by atoms with van der Waals surface area (Å²) >= 11 is 0. The summed E-state index contributed by atoms with van der Waals surface area (Å²) in [5, 5.41) is 20.6. The number of carbonyl (C=O) groups is 1. The first kappa shape index (κ1) is 26.1. The number of hydrogen-bond acceptors (Lipinski definition) is 6. The van der Waals surface area contributed by atoms with E-state index in [9.17, 15) is 10.1 Å². The maximum atomic E-state index is 15.3. The molecule has 1 saturated heterocycles. The Morgan fingerprint density at radius 3 is 2.74 bits per heavy atom. The molecular formula is C29H29FN6O3. The van der Waals surface area contributed by atoms with Gasteiger partial charge in [0, 0.05) is 29.2 Å². The number of piperidine rings is 1. The van der Waals surface area contributed by atoms with Gasteiger partial charge in [-0.05, 0) is 51.6 Å². The van der Waals surface area contributed by atoms with Gasteiger partial charge in [-0.25, -0.2) is 19.2 Å². The van der Waals surface area contributed by atoms with Crippen molar-refractivity contribution < 1.29 is 19.0 Å². The second-order valence-electron chi connectivity index (χ2n) is 9.94. The second-order valence-corrected chi connectivity index (χ2v) is 9.94. The summed E-state index contributed by atoms with van der Waals surface area (Å²) in [6.07, 6.45) is 4.29. The molecule has 5 rings (SSSR count). The fraction of sp³-hybridized carbons (Fsp3) is 0.310. The predicted octanol–water partition coefficient (Wildman–Crippen LogP) is 5.12. The van der Waals surface area contributed by atoms with Crippen LogP contribution in [0.3, 0.4) is 0 Å². The molecule has 2 atom stereocenters. The summed E-state index contributed by atoms with van der Waals surface area (Å²) in [6, 6.07) is 13.1. The minimum absolute atomic E-state index is 0.230. The van der Waals surface area contributed by atoms with E-state index < -0.39 is 18.0 Å². The normalized spacial score (nSPS) is 16.5. The molecule has 0 radical (unpaired) electrons. The van der Waals surface area contributed by atoms with Gasteiger partial charge in [-0.3, -0.25) is 4.40 Å². The Morgan fingerprint density at radius 1 is 1.28 bits per heavy atom. The highest BCUT2D eigenvalue weighted by Crippen LogP contribution is 2.36. The van der Waals surface area contributed by atoms with Gasteiger partial charge in [0.2, 0.25) is 5.88 Å². The van der Waals surface area contributed by atoms with Crippen LogP contribution in [0.2, 0.25) is 0 Å². The number of ether oxygens (including phenoxy) is 1. The molecule has 1 aliphatic heterocycles. The van der Waals surface area contributed by atoms with Crippen molar-refractivity contribution in [3.63, 3.8) is 0 Å². The highest BCUT2D eigenvalue weighted by Gasteiger charge is 2.23. The van der Waals surface area contributed by atoms with Crippen LogP contribution in [0, 0.1) is 23.1 Å². The first-order valence-electron chi connectivity index (χ1n) is 12.8. The van der Waals surface area contributed by atoms with Crippen molar-refractivity contribution in [1.82, 2.24) is 24.6 Å². The zero-order valence-corrected chi connectivity index (χ0v) is 21.8. The lowest BCUT2D eigenvalue weighted by atomic mass is 9.99. The molecule has 10 heteroatoms. The predicted molar refractivity (Wildman–Crippen MR) is 144 cm³/mol. The van der Waals surface area contributed by atoms with E-state index in [2.05, 4.69) is 28.3 Å². The van der Waals surface area contributed by atoms with Gasteiger partial charge < -0.3 is 20.1 Å². The maximum absolute atomic E-state index is 15.3. The summed E-state index contributed by atoms with van der Waals surface area (Å²) in [6.45, 7) is 4.14. The number of fused-ring (bicyclic) bond motifs is 1. The smallest absolute Gasteiger partial charge is 0.405 e. The second kappa shape index (κ2) is 11.1. The van der Waals surface area contributed by atoms with Gasteiger partial charge in [0.1, 0.15) is 11.3 Å². The Hall–Kier alpha value is -4.49. The zero-order chi connectivity index (χ0) is 27.5. The zero-order valence-electron chi connectivity index (χ0n) is 21.8. The number of imidazole rings is 1. The van der Waals surface area contributed by atoms with Crippen LogP contribution in [0.15, 0.2) is 55.0 Å². The number of hydrogen-bond donors (Lipinski definition) is 2. The molecule has 2 aromatic carbocycles. The summed E-state index contributed by atoms with van der Waals surface area (Å²) in [5.74, 6) is 0.268. The molecule has 39 heavy (non-hydrogen) atoms. The van der Waals surface area contributed by atoms with Gasteiger partial charge >= 0.3 is 6.09 Å². The van der Waals surface area contributed by atoms with Gasteiger partial charge in [-0.15, -0.1) is 0 Å². The molecule has 0 spiro atoms. The van der Waals surface area contributed by atoms with E-state index >= 15 is 4.39 Å². The standard InChI is InChI=1S/C29H29FN6O3/c1-18(33-29(37)38)23-10-9-22(12-24(23)30)27-26(21-7-5-19(13-31)6-8-21)34-28(25-14-32-17-36(25)27)39-16-20-4-3-11-35(2)15-20/h5-10,12,14,17-18,20,33H,3-4,11,15-16H2,1-2H3,(H,37,38)/t18?,20-/m1/s1. The average Bonchev–Trinajstić information content (AvgIpc) is 3.41. The maximum Gasteiger partial charge on any atom is 0.405 e. The Labute approximate surface area is 225 Å². The van der Waals surface area contributed by atoms with E-state index in [0.29, 0.717) is 46.4 Å². The minimum atomic E-state index is -1.23. The molecule has 9 nitrogen and oxygen atoms in total. The third-order valence-electron chi connectivity index (χ3n) is 7.08. The lowest BCUT2D eigenvalue weighted by Gasteiger charge is -2.29. The number of nitriles is 1. The number of aromatic nitrogens is 3. The largest absolute Gasteiger partial charge is 0.476 e. The van der Waals surface area contributed by atoms with Crippen molar-refractivity contribution >= 4 is 11.6 Å². The van der Waals surface area contributed by atoms with Crippen LogP contribution >= 0.6 is 0 Å². The van der Waals surface area contributed by atoms with Crippen molar-refractivity contribution in [1.29, 1.82) is 5.26 Å². The molecule has 2 N–H and O–H groups in total. The van der Waals surface area contributed by atoms with Crippen LogP contribution in [0.5, 0.6) is 5.88 Å². The van der Waals surface area contributed by atoms with Crippen LogP contribution in [0.1, 0.15) is 36.9 Å². The van der Waals surface area contributed by atoms with Crippen LogP contribution < -0.4 is 10.1 Å². The van der Waals surface area contributed by atoms with Gasteiger partial charge in [-0.2, -0.15) is 5.26 Å². The van der Waals surface area contributed by atoms with Crippen LogP contribution in [0.4, 0.5) is 9.18 Å². The Bertz CT molecular complexity index is 1550.